The van der Waals surface area contributed by atoms with Gasteiger partial charge < -0.3 is 10.0 Å². The molecular weight excluding hydrogens is 277 g/mol. The molecule has 1 rings (SSSR count). The van der Waals surface area contributed by atoms with Crippen LogP contribution in [0.25, 0.3) is 0 Å². The van der Waals surface area contributed by atoms with Gasteiger partial charge in [0.1, 0.15) is 5.82 Å². The molecule has 1 aromatic rings. The van der Waals surface area contributed by atoms with Crippen LogP contribution < -0.4 is 0 Å². The molecule has 1 N–H and O–H groups in total. The van der Waals surface area contributed by atoms with Crippen LogP contribution in [0.2, 0.25) is 0 Å². The van der Waals surface area contributed by atoms with E-state index < -0.39 is 5.60 Å². The number of halogens is 1. The summed E-state index contributed by atoms with van der Waals surface area (Å²) in [4.78, 5) is 13.7. The first kappa shape index (κ1) is 17.0. The van der Waals surface area contributed by atoms with Crippen molar-refractivity contribution in [3.05, 3.63) is 35.6 Å². The number of hydrogen-bond donors (Lipinski definition) is 1. The fraction of sp³-hybridized carbons (Fsp3) is 0.533. The zero-order valence-corrected chi connectivity index (χ0v) is 13.0. The highest BCUT2D eigenvalue weighted by Crippen LogP contribution is 2.14. The lowest BCUT2D eigenvalue weighted by Crippen LogP contribution is -2.42. The van der Waals surface area contributed by atoms with Crippen molar-refractivity contribution in [3.8, 4) is 0 Å². The van der Waals surface area contributed by atoms with Gasteiger partial charge in [0.05, 0.1) is 11.4 Å². The van der Waals surface area contributed by atoms with E-state index >= 15 is 0 Å². The van der Waals surface area contributed by atoms with Gasteiger partial charge in [0.15, 0.2) is 0 Å². The number of amides is 1. The summed E-state index contributed by atoms with van der Waals surface area (Å²) in [6, 6.07) is 6.29. The second-order valence-electron chi connectivity index (χ2n) is 5.34. The van der Waals surface area contributed by atoms with Crippen LogP contribution >= 0.6 is 11.8 Å². The van der Waals surface area contributed by atoms with Crippen LogP contribution in [0.1, 0.15) is 26.3 Å². The van der Waals surface area contributed by atoms with Crippen molar-refractivity contribution in [1.82, 2.24) is 4.90 Å². The topological polar surface area (TPSA) is 40.5 Å². The standard InChI is InChI=1S/C15H22FNO2S/c1-4-17(11-15(2,3)19)14(18)10-20-9-12-5-7-13(16)8-6-12/h5-8,19H,4,9-11H2,1-3H3. The molecule has 0 radical (unpaired) electrons. The quantitative estimate of drug-likeness (QED) is 0.841. The van der Waals surface area contributed by atoms with Crippen molar-refractivity contribution < 1.29 is 14.3 Å². The van der Waals surface area contributed by atoms with Crippen LogP contribution in [-0.2, 0) is 10.5 Å². The SMILES string of the molecule is CCN(CC(C)(C)O)C(=O)CSCc1ccc(F)cc1. The Morgan fingerprint density at radius 1 is 1.35 bits per heavy atom. The van der Waals surface area contributed by atoms with E-state index in [1.807, 2.05) is 6.92 Å². The summed E-state index contributed by atoms with van der Waals surface area (Å²) in [5.41, 5.74) is 0.113. The molecule has 3 nitrogen and oxygen atoms in total. The lowest BCUT2D eigenvalue weighted by molar-refractivity contribution is -0.131. The molecule has 5 heteroatoms. The molecule has 0 saturated carbocycles. The Hall–Kier alpha value is -1.07. The first-order valence-electron chi connectivity index (χ1n) is 6.64. The summed E-state index contributed by atoms with van der Waals surface area (Å²) < 4.78 is 12.8. The number of hydrogen-bond acceptors (Lipinski definition) is 3. The summed E-state index contributed by atoms with van der Waals surface area (Å²) >= 11 is 1.49. The van der Waals surface area contributed by atoms with Crippen molar-refractivity contribution in [2.45, 2.75) is 32.1 Å². The lowest BCUT2D eigenvalue weighted by atomic mass is 10.1. The number of thioether (sulfide) groups is 1. The number of nitrogens with zero attached hydrogens (tertiary/aromatic N) is 1. The second kappa shape index (κ2) is 7.64. The molecule has 112 valence electrons. The highest BCUT2D eigenvalue weighted by atomic mass is 32.2. The number of aliphatic hydroxyl groups is 1. The Bertz CT molecular complexity index is 428. The number of likely N-dealkylation sites (N-methyl/N-ethyl adjacent to an activating group) is 1. The summed E-state index contributed by atoms with van der Waals surface area (Å²) in [7, 11) is 0. The maximum absolute atomic E-state index is 12.8. The first-order valence-corrected chi connectivity index (χ1v) is 7.79. The number of carbonyl (C=O) groups is 1. The third-order valence-electron chi connectivity index (χ3n) is 2.72. The van der Waals surface area contributed by atoms with Gasteiger partial charge in [-0.25, -0.2) is 4.39 Å². The van der Waals surface area contributed by atoms with Crippen molar-refractivity contribution in [1.29, 1.82) is 0 Å². The minimum atomic E-state index is -0.882. The van der Waals surface area contributed by atoms with Gasteiger partial charge in [0.2, 0.25) is 5.91 Å². The third-order valence-corrected chi connectivity index (χ3v) is 3.71. The molecule has 0 heterocycles. The Morgan fingerprint density at radius 3 is 2.45 bits per heavy atom. The largest absolute Gasteiger partial charge is 0.389 e. The molecule has 0 saturated heterocycles. The smallest absolute Gasteiger partial charge is 0.232 e. The van der Waals surface area contributed by atoms with Crippen LogP contribution in [0.3, 0.4) is 0 Å². The number of benzene rings is 1. The number of rotatable bonds is 7. The Kier molecular flexibility index (Phi) is 6.49. The molecular formula is C15H22FNO2S. The normalized spacial score (nSPS) is 11.4. The molecule has 0 atom stereocenters. The maximum atomic E-state index is 12.8. The number of carbonyl (C=O) groups excluding carboxylic acids is 1. The molecule has 0 unspecified atom stereocenters. The fourth-order valence-corrected chi connectivity index (χ4v) is 2.66. The lowest BCUT2D eigenvalue weighted by Gasteiger charge is -2.28. The van der Waals surface area contributed by atoms with Gasteiger partial charge in [0.25, 0.3) is 0 Å². The van der Waals surface area contributed by atoms with E-state index in [4.69, 9.17) is 0 Å². The molecule has 0 aliphatic heterocycles. The monoisotopic (exact) mass is 299 g/mol. The van der Waals surface area contributed by atoms with E-state index in [0.29, 0.717) is 24.6 Å². The van der Waals surface area contributed by atoms with Crippen molar-refractivity contribution >= 4 is 17.7 Å². The molecule has 0 aromatic heterocycles. The molecule has 0 aliphatic carbocycles. The van der Waals surface area contributed by atoms with Gasteiger partial charge in [-0.05, 0) is 38.5 Å². The molecule has 1 amide bonds. The van der Waals surface area contributed by atoms with Crippen LogP contribution in [0.4, 0.5) is 4.39 Å². The summed E-state index contributed by atoms with van der Waals surface area (Å²) in [5, 5.41) is 9.76. The minimum absolute atomic E-state index is 0.0155. The second-order valence-corrected chi connectivity index (χ2v) is 6.33. The van der Waals surface area contributed by atoms with Crippen molar-refractivity contribution in [3.63, 3.8) is 0 Å². The zero-order chi connectivity index (χ0) is 15.2. The molecule has 0 aliphatic rings. The fourth-order valence-electron chi connectivity index (χ4n) is 1.77. The van der Waals surface area contributed by atoms with Gasteiger partial charge in [0, 0.05) is 18.8 Å². The van der Waals surface area contributed by atoms with E-state index in [-0.39, 0.29) is 11.7 Å². The van der Waals surface area contributed by atoms with Crippen molar-refractivity contribution in [2.75, 3.05) is 18.8 Å². The first-order chi connectivity index (χ1) is 9.31. The Balaban J connectivity index is 2.40. The zero-order valence-electron chi connectivity index (χ0n) is 12.2. The average Bonchev–Trinajstić information content (AvgIpc) is 2.37. The predicted octanol–water partition coefficient (Wildman–Crippen LogP) is 2.68. The van der Waals surface area contributed by atoms with E-state index in [9.17, 15) is 14.3 Å². The molecule has 0 spiro atoms. The highest BCUT2D eigenvalue weighted by Gasteiger charge is 2.20. The van der Waals surface area contributed by atoms with E-state index in [1.54, 1.807) is 30.9 Å². The van der Waals surface area contributed by atoms with Crippen molar-refractivity contribution in [2.24, 2.45) is 0 Å². The van der Waals surface area contributed by atoms with Gasteiger partial charge in [-0.2, -0.15) is 0 Å². The van der Waals surface area contributed by atoms with Gasteiger partial charge in [-0.15, -0.1) is 11.8 Å². The Labute approximate surface area is 124 Å². The maximum Gasteiger partial charge on any atom is 0.232 e. The predicted molar refractivity (Wildman–Crippen MR) is 81.1 cm³/mol. The van der Waals surface area contributed by atoms with E-state index in [2.05, 4.69) is 0 Å². The Morgan fingerprint density at radius 2 is 1.95 bits per heavy atom. The van der Waals surface area contributed by atoms with Crippen LogP contribution in [-0.4, -0.2) is 40.4 Å². The van der Waals surface area contributed by atoms with Crippen LogP contribution in [0.15, 0.2) is 24.3 Å². The highest BCUT2D eigenvalue weighted by molar-refractivity contribution is 7.99. The molecule has 0 bridgehead atoms. The summed E-state index contributed by atoms with van der Waals surface area (Å²) in [6.45, 7) is 6.19. The third kappa shape index (κ3) is 6.39. The van der Waals surface area contributed by atoms with E-state index in [0.717, 1.165) is 5.56 Å². The van der Waals surface area contributed by atoms with Gasteiger partial charge in [-0.1, -0.05) is 12.1 Å². The average molecular weight is 299 g/mol. The molecule has 1 aromatic carbocycles. The summed E-state index contributed by atoms with van der Waals surface area (Å²) in [6.07, 6.45) is 0. The van der Waals surface area contributed by atoms with E-state index in [1.165, 1.54) is 23.9 Å². The van der Waals surface area contributed by atoms with Crippen LogP contribution in [0.5, 0.6) is 0 Å². The molecule has 0 fully saturated rings. The minimum Gasteiger partial charge on any atom is -0.389 e. The van der Waals surface area contributed by atoms with Gasteiger partial charge >= 0.3 is 0 Å². The summed E-state index contributed by atoms with van der Waals surface area (Å²) in [5.74, 6) is 0.798. The molecule has 20 heavy (non-hydrogen) atoms. The van der Waals surface area contributed by atoms with Gasteiger partial charge in [-0.3, -0.25) is 4.79 Å². The van der Waals surface area contributed by atoms with Crippen LogP contribution in [0, 0.1) is 5.82 Å².